The predicted octanol–water partition coefficient (Wildman–Crippen LogP) is 1.69. The molecule has 1 aromatic carbocycles. The first-order chi connectivity index (χ1) is 11.7. The molecule has 0 bridgehead atoms. The first-order valence-electron chi connectivity index (χ1n) is 7.52. The zero-order chi connectivity index (χ0) is 16.9. The van der Waals surface area contributed by atoms with Gasteiger partial charge in [0, 0.05) is 11.6 Å². The van der Waals surface area contributed by atoms with Crippen molar-refractivity contribution in [2.45, 2.75) is 6.54 Å². The lowest BCUT2D eigenvalue weighted by atomic mass is 10.1. The molecule has 0 saturated carbocycles. The lowest BCUT2D eigenvalue weighted by molar-refractivity contribution is -0.510. The Morgan fingerprint density at radius 2 is 1.96 bits per heavy atom. The van der Waals surface area contributed by atoms with Crippen LogP contribution < -0.4 is 15.9 Å². The monoisotopic (exact) mass is 319 g/mol. The van der Waals surface area contributed by atoms with Gasteiger partial charge >= 0.3 is 0 Å². The van der Waals surface area contributed by atoms with E-state index in [-0.39, 0.29) is 5.96 Å². The van der Waals surface area contributed by atoms with E-state index in [0.717, 1.165) is 29.0 Å². The van der Waals surface area contributed by atoms with Gasteiger partial charge in [0.25, 0.3) is 5.65 Å². The minimum absolute atomic E-state index is 0.0613. The van der Waals surface area contributed by atoms with Crippen LogP contribution in [0.1, 0.15) is 5.56 Å². The molecular formula is C18H19N6+. The van der Waals surface area contributed by atoms with E-state index in [1.807, 2.05) is 48.7 Å². The van der Waals surface area contributed by atoms with E-state index >= 15 is 0 Å². The lowest BCUT2D eigenvalue weighted by Crippen LogP contribution is -2.21. The fourth-order valence-electron chi connectivity index (χ4n) is 2.56. The fraction of sp³-hybridized carbons (Fsp3) is 0.0556. The summed E-state index contributed by atoms with van der Waals surface area (Å²) in [6, 6.07) is 14.2. The minimum atomic E-state index is -0.0613. The van der Waals surface area contributed by atoms with Gasteiger partial charge in [-0.25, -0.2) is 8.97 Å². The van der Waals surface area contributed by atoms with Crippen molar-refractivity contribution >= 4 is 17.8 Å². The number of pyridine rings is 1. The Labute approximate surface area is 140 Å². The Kier molecular flexibility index (Phi) is 4.38. The van der Waals surface area contributed by atoms with Gasteiger partial charge in [0.1, 0.15) is 12.7 Å². The molecule has 0 spiro atoms. The van der Waals surface area contributed by atoms with Crippen LogP contribution in [0.4, 0.5) is 0 Å². The summed E-state index contributed by atoms with van der Waals surface area (Å²) in [7, 11) is 0. The van der Waals surface area contributed by atoms with Crippen LogP contribution in [0.15, 0.2) is 77.7 Å². The number of rotatable bonds is 5. The van der Waals surface area contributed by atoms with Crippen LogP contribution in [-0.4, -0.2) is 16.7 Å². The number of guanidine groups is 1. The molecule has 0 atom stereocenters. The molecular weight excluding hydrogens is 300 g/mol. The first-order valence-corrected chi connectivity index (χ1v) is 7.52. The van der Waals surface area contributed by atoms with E-state index in [9.17, 15) is 0 Å². The number of allylic oxidation sites excluding steroid dienone is 1. The van der Waals surface area contributed by atoms with Crippen molar-refractivity contribution in [2.24, 2.45) is 21.7 Å². The molecule has 0 unspecified atom stereocenters. The summed E-state index contributed by atoms with van der Waals surface area (Å²) in [5.74, 6) is -0.0613. The predicted molar refractivity (Wildman–Crippen MR) is 96.6 cm³/mol. The molecule has 3 aromatic rings. The van der Waals surface area contributed by atoms with Crippen LogP contribution in [0.25, 0.3) is 16.9 Å². The third-order valence-corrected chi connectivity index (χ3v) is 3.59. The van der Waals surface area contributed by atoms with Gasteiger partial charge in [-0.2, -0.15) is 5.10 Å². The largest absolute Gasteiger partial charge is 0.369 e. The second-order valence-corrected chi connectivity index (χ2v) is 5.27. The topological polar surface area (TPSA) is 85.8 Å². The van der Waals surface area contributed by atoms with Crippen LogP contribution >= 0.6 is 0 Å². The molecule has 0 aliphatic rings. The number of fused-ring (bicyclic) bond motifs is 1. The van der Waals surface area contributed by atoms with Crippen LogP contribution in [0.3, 0.4) is 0 Å². The number of hydrogen-bond donors (Lipinski definition) is 2. The smallest absolute Gasteiger partial charge is 0.286 e. The SMILES string of the molecule is C=CCn1c(-c2ccc(/C=N/N=C(N)N)cc2)c[n+]2ccccc12. The highest BCUT2D eigenvalue weighted by Gasteiger charge is 2.17. The summed E-state index contributed by atoms with van der Waals surface area (Å²) in [6.45, 7) is 4.60. The van der Waals surface area contributed by atoms with E-state index in [1.165, 1.54) is 0 Å². The molecule has 2 aromatic heterocycles. The lowest BCUT2D eigenvalue weighted by Gasteiger charge is -2.01. The van der Waals surface area contributed by atoms with Gasteiger partial charge in [-0.15, -0.1) is 5.10 Å². The molecule has 0 fully saturated rings. The number of imidazole rings is 1. The van der Waals surface area contributed by atoms with Gasteiger partial charge in [-0.3, -0.25) is 0 Å². The van der Waals surface area contributed by atoms with Gasteiger partial charge in [0.05, 0.1) is 12.4 Å². The summed E-state index contributed by atoms with van der Waals surface area (Å²) < 4.78 is 4.32. The number of nitrogens with two attached hydrogens (primary N) is 2. The van der Waals surface area contributed by atoms with E-state index < -0.39 is 0 Å². The maximum atomic E-state index is 5.24. The van der Waals surface area contributed by atoms with Crippen molar-refractivity contribution in [1.29, 1.82) is 0 Å². The van der Waals surface area contributed by atoms with E-state index in [2.05, 4.69) is 38.0 Å². The molecule has 120 valence electrons. The summed E-state index contributed by atoms with van der Waals surface area (Å²) in [4.78, 5) is 0. The average molecular weight is 319 g/mol. The molecule has 0 aliphatic carbocycles. The number of hydrogen-bond acceptors (Lipinski definition) is 2. The molecule has 4 N–H and O–H groups in total. The first kappa shape index (κ1) is 15.5. The van der Waals surface area contributed by atoms with Gasteiger partial charge in [0.2, 0.25) is 5.96 Å². The quantitative estimate of drug-likeness (QED) is 0.246. The molecule has 0 aliphatic heterocycles. The molecule has 6 heteroatoms. The third-order valence-electron chi connectivity index (χ3n) is 3.59. The second kappa shape index (κ2) is 6.78. The highest BCUT2D eigenvalue weighted by Crippen LogP contribution is 2.21. The summed E-state index contributed by atoms with van der Waals surface area (Å²) in [5, 5.41) is 7.41. The standard InChI is InChI=1S/C18H19N6/c1-2-10-24-16(13-23-11-4-3-5-17(23)24)15-8-6-14(7-9-15)12-21-22-18(19)20/h2-9,11-13H,1,10H2,(H4,19,20,22)/q+1/b21-12+. The van der Waals surface area contributed by atoms with E-state index in [4.69, 9.17) is 11.5 Å². The van der Waals surface area contributed by atoms with E-state index in [1.54, 1.807) is 6.21 Å². The molecule has 6 nitrogen and oxygen atoms in total. The van der Waals surface area contributed by atoms with Crippen molar-refractivity contribution in [1.82, 2.24) is 4.57 Å². The van der Waals surface area contributed by atoms with Crippen molar-refractivity contribution in [3.05, 3.63) is 73.1 Å². The Morgan fingerprint density at radius 3 is 2.67 bits per heavy atom. The molecule has 24 heavy (non-hydrogen) atoms. The summed E-state index contributed by atoms with van der Waals surface area (Å²) in [5.41, 5.74) is 14.7. The Balaban J connectivity index is 1.98. The molecule has 0 saturated heterocycles. The van der Waals surface area contributed by atoms with E-state index in [0.29, 0.717) is 0 Å². The zero-order valence-corrected chi connectivity index (χ0v) is 13.2. The number of nitrogens with zero attached hydrogens (tertiary/aromatic N) is 4. The summed E-state index contributed by atoms with van der Waals surface area (Å²) in [6.07, 6.45) is 7.65. The molecule has 3 rings (SSSR count). The van der Waals surface area contributed by atoms with Crippen LogP contribution in [0.5, 0.6) is 0 Å². The van der Waals surface area contributed by atoms with Crippen molar-refractivity contribution in [3.63, 3.8) is 0 Å². The zero-order valence-electron chi connectivity index (χ0n) is 13.2. The Bertz CT molecular complexity index is 914. The maximum absolute atomic E-state index is 5.24. The maximum Gasteiger partial charge on any atom is 0.286 e. The van der Waals surface area contributed by atoms with Crippen LogP contribution in [-0.2, 0) is 6.54 Å². The van der Waals surface area contributed by atoms with Gasteiger partial charge in [0.15, 0.2) is 5.69 Å². The fourth-order valence-corrected chi connectivity index (χ4v) is 2.56. The number of aromatic nitrogens is 2. The molecule has 0 radical (unpaired) electrons. The Hall–Kier alpha value is -3.41. The van der Waals surface area contributed by atoms with Crippen molar-refractivity contribution in [3.8, 4) is 11.3 Å². The van der Waals surface area contributed by atoms with Gasteiger partial charge < -0.3 is 11.5 Å². The Morgan fingerprint density at radius 1 is 1.17 bits per heavy atom. The van der Waals surface area contributed by atoms with Crippen LogP contribution in [0.2, 0.25) is 0 Å². The highest BCUT2D eigenvalue weighted by atomic mass is 15.3. The van der Waals surface area contributed by atoms with Crippen molar-refractivity contribution in [2.75, 3.05) is 0 Å². The average Bonchev–Trinajstić information content (AvgIpc) is 2.94. The second-order valence-electron chi connectivity index (χ2n) is 5.27. The molecule has 0 amide bonds. The van der Waals surface area contributed by atoms with Gasteiger partial charge in [-0.05, 0) is 23.8 Å². The van der Waals surface area contributed by atoms with Crippen molar-refractivity contribution < 1.29 is 4.40 Å². The third kappa shape index (κ3) is 3.17. The minimum Gasteiger partial charge on any atom is -0.369 e. The van der Waals surface area contributed by atoms with Gasteiger partial charge in [-0.1, -0.05) is 30.9 Å². The highest BCUT2D eigenvalue weighted by molar-refractivity contribution is 5.82. The van der Waals surface area contributed by atoms with Crippen LogP contribution in [0, 0.1) is 0 Å². The number of benzene rings is 1. The summed E-state index contributed by atoms with van der Waals surface area (Å²) >= 11 is 0. The normalized spacial score (nSPS) is 11.0. The molecule has 2 heterocycles.